The van der Waals surface area contributed by atoms with E-state index < -0.39 is 0 Å². The van der Waals surface area contributed by atoms with E-state index in [4.69, 9.17) is 4.74 Å². The van der Waals surface area contributed by atoms with Gasteiger partial charge in [-0.05, 0) is 12.3 Å². The largest absolute Gasteiger partial charge is 0.377 e. The maximum absolute atomic E-state index is 5.17. The van der Waals surface area contributed by atoms with Crippen LogP contribution in [-0.4, -0.2) is 13.2 Å². The molecule has 0 bridgehead atoms. The number of ether oxygens (including phenoxy) is 1. The molecule has 0 aliphatic carbocycles. The summed E-state index contributed by atoms with van der Waals surface area (Å²) in [4.78, 5) is 0. The summed E-state index contributed by atoms with van der Waals surface area (Å²) in [6, 6.07) is 0. The SMILES string of the molecule is CC.CC(C)C1=CCOCC1. The van der Waals surface area contributed by atoms with Gasteiger partial charge >= 0.3 is 0 Å². The van der Waals surface area contributed by atoms with Crippen LogP contribution in [0.2, 0.25) is 0 Å². The summed E-state index contributed by atoms with van der Waals surface area (Å²) in [5, 5.41) is 0. The third kappa shape index (κ3) is 4.20. The molecule has 1 aliphatic rings. The Morgan fingerprint density at radius 3 is 2.27 bits per heavy atom. The van der Waals surface area contributed by atoms with E-state index in [9.17, 15) is 0 Å². The van der Waals surface area contributed by atoms with Crippen molar-refractivity contribution in [3.63, 3.8) is 0 Å². The van der Waals surface area contributed by atoms with Gasteiger partial charge in [-0.2, -0.15) is 0 Å². The zero-order valence-electron chi connectivity index (χ0n) is 8.18. The molecule has 66 valence electrons. The molecule has 0 spiro atoms. The van der Waals surface area contributed by atoms with Gasteiger partial charge < -0.3 is 4.74 Å². The molecule has 0 saturated heterocycles. The predicted octanol–water partition coefficient (Wildman–Crippen LogP) is 3.02. The third-order valence-electron chi connectivity index (χ3n) is 1.74. The topological polar surface area (TPSA) is 9.23 Å². The van der Waals surface area contributed by atoms with Gasteiger partial charge in [0.15, 0.2) is 0 Å². The van der Waals surface area contributed by atoms with E-state index in [1.807, 2.05) is 13.8 Å². The second-order valence-electron chi connectivity index (χ2n) is 2.76. The van der Waals surface area contributed by atoms with Crippen molar-refractivity contribution in [3.05, 3.63) is 11.6 Å². The fourth-order valence-electron chi connectivity index (χ4n) is 1.07. The lowest BCUT2D eigenvalue weighted by Gasteiger charge is -2.15. The van der Waals surface area contributed by atoms with Gasteiger partial charge in [-0.1, -0.05) is 39.3 Å². The molecule has 0 unspecified atom stereocenters. The summed E-state index contributed by atoms with van der Waals surface area (Å²) in [6.07, 6.45) is 3.34. The molecule has 1 nitrogen and oxygen atoms in total. The molecule has 1 rings (SSSR count). The molecule has 1 aliphatic heterocycles. The van der Waals surface area contributed by atoms with E-state index in [1.165, 1.54) is 0 Å². The van der Waals surface area contributed by atoms with E-state index >= 15 is 0 Å². The quantitative estimate of drug-likeness (QED) is 0.530. The van der Waals surface area contributed by atoms with Crippen LogP contribution in [0.15, 0.2) is 11.6 Å². The van der Waals surface area contributed by atoms with Crippen LogP contribution in [0, 0.1) is 5.92 Å². The van der Waals surface area contributed by atoms with Gasteiger partial charge in [0.1, 0.15) is 0 Å². The molecule has 11 heavy (non-hydrogen) atoms. The maximum Gasteiger partial charge on any atom is 0.0650 e. The first kappa shape index (κ1) is 10.7. The number of rotatable bonds is 1. The van der Waals surface area contributed by atoms with Gasteiger partial charge in [0, 0.05) is 0 Å². The normalized spacial score (nSPS) is 17.0. The van der Waals surface area contributed by atoms with E-state index in [-0.39, 0.29) is 0 Å². The Bertz CT molecular complexity index is 114. The Labute approximate surface area is 70.4 Å². The van der Waals surface area contributed by atoms with E-state index in [2.05, 4.69) is 19.9 Å². The van der Waals surface area contributed by atoms with Gasteiger partial charge in [-0.3, -0.25) is 0 Å². The Kier molecular flexibility index (Phi) is 6.24. The van der Waals surface area contributed by atoms with Crippen LogP contribution in [-0.2, 0) is 4.74 Å². The fourth-order valence-corrected chi connectivity index (χ4v) is 1.07. The van der Waals surface area contributed by atoms with Crippen LogP contribution in [0.5, 0.6) is 0 Å². The first-order valence-corrected chi connectivity index (χ1v) is 4.57. The molecule has 0 amide bonds. The monoisotopic (exact) mass is 156 g/mol. The lowest BCUT2D eigenvalue weighted by molar-refractivity contribution is 0.151. The maximum atomic E-state index is 5.17. The van der Waals surface area contributed by atoms with Crippen molar-refractivity contribution in [2.45, 2.75) is 34.1 Å². The molecule has 0 saturated carbocycles. The van der Waals surface area contributed by atoms with Crippen molar-refractivity contribution in [1.29, 1.82) is 0 Å². The minimum Gasteiger partial charge on any atom is -0.377 e. The van der Waals surface area contributed by atoms with E-state index in [0.717, 1.165) is 19.6 Å². The third-order valence-corrected chi connectivity index (χ3v) is 1.74. The number of hydrogen-bond acceptors (Lipinski definition) is 1. The van der Waals surface area contributed by atoms with Crippen LogP contribution < -0.4 is 0 Å². The molecule has 0 aromatic rings. The highest BCUT2D eigenvalue weighted by atomic mass is 16.5. The summed E-state index contributed by atoms with van der Waals surface area (Å²) in [7, 11) is 0. The Balaban J connectivity index is 0.000000461. The average Bonchev–Trinajstić information content (AvgIpc) is 2.10. The van der Waals surface area contributed by atoms with Crippen LogP contribution in [0.4, 0.5) is 0 Å². The zero-order chi connectivity index (χ0) is 8.69. The fraction of sp³-hybridized carbons (Fsp3) is 0.800. The first-order valence-electron chi connectivity index (χ1n) is 4.57. The van der Waals surface area contributed by atoms with Gasteiger partial charge in [0.05, 0.1) is 13.2 Å². The average molecular weight is 156 g/mol. The smallest absolute Gasteiger partial charge is 0.0650 e. The van der Waals surface area contributed by atoms with Crippen LogP contribution in [0.3, 0.4) is 0 Å². The molecule has 1 heterocycles. The molecule has 0 atom stereocenters. The van der Waals surface area contributed by atoms with Crippen LogP contribution in [0.1, 0.15) is 34.1 Å². The summed E-state index contributed by atoms with van der Waals surface area (Å²) < 4.78 is 5.17. The highest BCUT2D eigenvalue weighted by Gasteiger charge is 2.05. The molecule has 0 radical (unpaired) electrons. The minimum atomic E-state index is 0.717. The zero-order valence-corrected chi connectivity index (χ0v) is 8.18. The van der Waals surface area contributed by atoms with Gasteiger partial charge in [0.25, 0.3) is 0 Å². The molecular weight excluding hydrogens is 136 g/mol. The first-order chi connectivity index (χ1) is 5.30. The van der Waals surface area contributed by atoms with Crippen molar-refractivity contribution in [3.8, 4) is 0 Å². The predicted molar refractivity (Wildman–Crippen MR) is 49.7 cm³/mol. The van der Waals surface area contributed by atoms with Gasteiger partial charge in [0.2, 0.25) is 0 Å². The van der Waals surface area contributed by atoms with Gasteiger partial charge in [-0.25, -0.2) is 0 Å². The Hall–Kier alpha value is -0.300. The van der Waals surface area contributed by atoms with Gasteiger partial charge in [-0.15, -0.1) is 0 Å². The second kappa shape index (κ2) is 6.41. The molecule has 0 aromatic heterocycles. The van der Waals surface area contributed by atoms with E-state index in [1.54, 1.807) is 5.57 Å². The molecular formula is C10H20O. The number of hydrogen-bond donors (Lipinski definition) is 0. The molecule has 0 N–H and O–H groups in total. The summed E-state index contributed by atoms with van der Waals surface area (Å²) in [5.74, 6) is 0.717. The van der Waals surface area contributed by atoms with Crippen LogP contribution in [0.25, 0.3) is 0 Å². The van der Waals surface area contributed by atoms with Crippen LogP contribution >= 0.6 is 0 Å². The van der Waals surface area contributed by atoms with Crippen molar-refractivity contribution < 1.29 is 4.74 Å². The summed E-state index contributed by atoms with van der Waals surface area (Å²) in [6.45, 7) is 10.2. The lowest BCUT2D eigenvalue weighted by atomic mass is 9.99. The Morgan fingerprint density at radius 1 is 1.36 bits per heavy atom. The summed E-state index contributed by atoms with van der Waals surface area (Å²) >= 11 is 0. The lowest BCUT2D eigenvalue weighted by Crippen LogP contribution is -2.07. The second-order valence-corrected chi connectivity index (χ2v) is 2.76. The van der Waals surface area contributed by atoms with Crippen molar-refractivity contribution >= 4 is 0 Å². The Morgan fingerprint density at radius 2 is 2.00 bits per heavy atom. The van der Waals surface area contributed by atoms with E-state index in [0.29, 0.717) is 5.92 Å². The van der Waals surface area contributed by atoms with Crippen molar-refractivity contribution in [2.24, 2.45) is 5.92 Å². The highest BCUT2D eigenvalue weighted by molar-refractivity contribution is 5.06. The molecule has 1 heteroatoms. The minimum absolute atomic E-state index is 0.717. The highest BCUT2D eigenvalue weighted by Crippen LogP contribution is 2.16. The molecule has 0 aromatic carbocycles. The summed E-state index contributed by atoms with van der Waals surface area (Å²) in [5.41, 5.74) is 1.56. The van der Waals surface area contributed by atoms with Crippen molar-refractivity contribution in [1.82, 2.24) is 0 Å². The standard InChI is InChI=1S/C8H14O.C2H6/c1-7(2)8-3-5-9-6-4-8;1-2/h3,7H,4-6H2,1-2H3;1-2H3. The van der Waals surface area contributed by atoms with Crippen molar-refractivity contribution in [2.75, 3.05) is 13.2 Å². The molecule has 0 fully saturated rings.